The predicted molar refractivity (Wildman–Crippen MR) is 74.8 cm³/mol. The van der Waals surface area contributed by atoms with Crippen LogP contribution in [0.25, 0.3) is 0 Å². The van der Waals surface area contributed by atoms with Gasteiger partial charge in [0.2, 0.25) is 6.10 Å². The van der Waals surface area contributed by atoms with E-state index in [1.165, 1.54) is 24.3 Å². The fourth-order valence-electron chi connectivity index (χ4n) is 1.52. The van der Waals surface area contributed by atoms with Crippen LogP contribution in [0.3, 0.4) is 0 Å². The number of nitro benzene ring substituents is 1. The van der Waals surface area contributed by atoms with Gasteiger partial charge in [-0.15, -0.1) is 0 Å². The molecule has 104 valence electrons. The van der Waals surface area contributed by atoms with Gasteiger partial charge in [-0.3, -0.25) is 10.1 Å². The van der Waals surface area contributed by atoms with Crippen molar-refractivity contribution in [3.05, 3.63) is 58.6 Å². The summed E-state index contributed by atoms with van der Waals surface area (Å²) in [4.78, 5) is 10.0. The molecule has 0 aliphatic rings. The Hall–Kier alpha value is -2.20. The van der Waals surface area contributed by atoms with Crippen molar-refractivity contribution in [3.63, 3.8) is 0 Å². The normalized spacial score (nSPS) is 11.7. The van der Waals surface area contributed by atoms with Gasteiger partial charge < -0.3 is 9.47 Å². The number of rotatable bonds is 5. The Kier molecular flexibility index (Phi) is 4.48. The monoisotopic (exact) mass is 295 g/mol. The predicted octanol–water partition coefficient (Wildman–Crippen LogP) is 3.89. The van der Waals surface area contributed by atoms with Crippen molar-refractivity contribution >= 4 is 14.9 Å². The van der Waals surface area contributed by atoms with Gasteiger partial charge in [0.15, 0.2) is 11.5 Å². The van der Waals surface area contributed by atoms with E-state index in [-0.39, 0.29) is 11.4 Å². The number of para-hydroxylation sites is 2. The van der Waals surface area contributed by atoms with Gasteiger partial charge in [-0.1, -0.05) is 21.4 Å². The zero-order valence-corrected chi connectivity index (χ0v) is 11.4. The van der Waals surface area contributed by atoms with E-state index in [9.17, 15) is 14.5 Å². The Balaban J connectivity index is 2.19. The van der Waals surface area contributed by atoms with E-state index in [4.69, 9.17) is 9.47 Å². The molecule has 0 amide bonds. The molecule has 0 aliphatic carbocycles. The first-order chi connectivity index (χ1) is 9.56. The molecule has 0 saturated carbocycles. The highest BCUT2D eigenvalue weighted by Crippen LogP contribution is 2.33. The number of nitro groups is 1. The third-order valence-electron chi connectivity index (χ3n) is 2.36. The highest BCUT2D eigenvalue weighted by Gasteiger charge is 2.10. The molecule has 2 atom stereocenters. The molecule has 7 heteroatoms. The Labute approximate surface area is 116 Å². The lowest BCUT2D eigenvalue weighted by Gasteiger charge is -2.12. The van der Waals surface area contributed by atoms with Crippen molar-refractivity contribution in [1.29, 1.82) is 0 Å². The smallest absolute Gasteiger partial charge is 0.269 e. The summed E-state index contributed by atoms with van der Waals surface area (Å²) in [6.07, 6.45) is -1.54. The number of nitrogens with zero attached hydrogens (tertiary/aromatic N) is 1. The standard InChI is InChI=1S/C13H11FNO4P/c14-13(20)19-12-4-2-1-3-11(12)18-10-7-5-9(6-8-10)15(16)17/h1-8,13H,20H2. The minimum Gasteiger partial charge on any atom is -0.454 e. The first kappa shape index (κ1) is 14.2. The molecular formula is C13H11FNO4P. The highest BCUT2D eigenvalue weighted by molar-refractivity contribution is 7.16. The largest absolute Gasteiger partial charge is 0.454 e. The minimum atomic E-state index is -1.54. The number of non-ortho nitro benzene ring substituents is 1. The molecule has 20 heavy (non-hydrogen) atoms. The quantitative estimate of drug-likeness (QED) is 0.477. The van der Waals surface area contributed by atoms with Crippen LogP contribution in [0, 0.1) is 10.1 Å². The molecule has 0 saturated heterocycles. The lowest BCUT2D eigenvalue weighted by molar-refractivity contribution is -0.384. The molecule has 0 aliphatic heterocycles. The summed E-state index contributed by atoms with van der Waals surface area (Å²) in [5, 5.41) is 10.5. The first-order valence-electron chi connectivity index (χ1n) is 5.64. The molecule has 0 aromatic heterocycles. The van der Waals surface area contributed by atoms with Crippen LogP contribution in [0.15, 0.2) is 48.5 Å². The van der Waals surface area contributed by atoms with Crippen molar-refractivity contribution in [3.8, 4) is 17.2 Å². The maximum absolute atomic E-state index is 12.9. The van der Waals surface area contributed by atoms with E-state index in [1.54, 1.807) is 24.3 Å². The van der Waals surface area contributed by atoms with Gasteiger partial charge in [-0.2, -0.15) is 4.39 Å². The number of hydrogen-bond acceptors (Lipinski definition) is 4. The molecule has 2 aromatic rings. The van der Waals surface area contributed by atoms with Crippen LogP contribution in [0.5, 0.6) is 17.2 Å². The van der Waals surface area contributed by atoms with Crippen LogP contribution < -0.4 is 9.47 Å². The van der Waals surface area contributed by atoms with Gasteiger partial charge in [0.1, 0.15) is 5.75 Å². The van der Waals surface area contributed by atoms with E-state index in [1.807, 2.05) is 9.24 Å². The van der Waals surface area contributed by atoms with Crippen molar-refractivity contribution in [2.24, 2.45) is 0 Å². The van der Waals surface area contributed by atoms with Crippen LogP contribution in [-0.4, -0.2) is 11.0 Å². The summed E-state index contributed by atoms with van der Waals surface area (Å²) >= 11 is 0. The zero-order chi connectivity index (χ0) is 14.5. The Morgan fingerprint density at radius 1 is 1.10 bits per heavy atom. The maximum Gasteiger partial charge on any atom is 0.269 e. The number of alkyl halides is 1. The lowest BCUT2D eigenvalue weighted by atomic mass is 10.3. The van der Waals surface area contributed by atoms with Crippen molar-refractivity contribution in [2.75, 3.05) is 0 Å². The van der Waals surface area contributed by atoms with Crippen LogP contribution in [0.2, 0.25) is 0 Å². The lowest BCUT2D eigenvalue weighted by Crippen LogP contribution is -2.01. The van der Waals surface area contributed by atoms with Crippen LogP contribution >= 0.6 is 9.24 Å². The summed E-state index contributed by atoms with van der Waals surface area (Å²) in [6, 6.07) is 12.2. The van der Waals surface area contributed by atoms with Gasteiger partial charge in [-0.25, -0.2) is 0 Å². The maximum atomic E-state index is 12.9. The molecule has 0 N–H and O–H groups in total. The molecule has 2 rings (SSSR count). The summed E-state index contributed by atoms with van der Waals surface area (Å²) < 4.78 is 23.3. The van der Waals surface area contributed by atoms with E-state index < -0.39 is 11.0 Å². The number of ether oxygens (including phenoxy) is 2. The molecule has 0 heterocycles. The molecule has 5 nitrogen and oxygen atoms in total. The third-order valence-corrected chi connectivity index (χ3v) is 2.50. The summed E-state index contributed by atoms with van der Waals surface area (Å²) in [5.41, 5.74) is -0.0318. The fraction of sp³-hybridized carbons (Fsp3) is 0.0769. The Morgan fingerprint density at radius 3 is 2.25 bits per heavy atom. The summed E-state index contributed by atoms with van der Waals surface area (Å²) in [7, 11) is 1.88. The number of hydrogen-bond donors (Lipinski definition) is 0. The van der Waals surface area contributed by atoms with E-state index in [0.29, 0.717) is 11.5 Å². The Morgan fingerprint density at radius 2 is 1.70 bits per heavy atom. The van der Waals surface area contributed by atoms with E-state index >= 15 is 0 Å². The number of benzene rings is 2. The van der Waals surface area contributed by atoms with Gasteiger partial charge in [0, 0.05) is 12.1 Å². The molecular weight excluding hydrogens is 284 g/mol. The van der Waals surface area contributed by atoms with Crippen LogP contribution in [0.1, 0.15) is 0 Å². The second-order valence-corrected chi connectivity index (χ2v) is 4.29. The fourth-order valence-corrected chi connectivity index (χ4v) is 1.66. The minimum absolute atomic E-state index is 0.0318. The SMILES string of the molecule is O=[N+]([O-])c1ccc(Oc2ccccc2OC(F)P)cc1. The molecule has 2 aromatic carbocycles. The summed E-state index contributed by atoms with van der Waals surface area (Å²) in [6.45, 7) is 0. The number of halogens is 1. The second-order valence-electron chi connectivity index (χ2n) is 3.77. The molecule has 0 fully saturated rings. The van der Waals surface area contributed by atoms with Gasteiger partial charge >= 0.3 is 0 Å². The highest BCUT2D eigenvalue weighted by atomic mass is 31.0. The van der Waals surface area contributed by atoms with Gasteiger partial charge in [0.25, 0.3) is 5.69 Å². The first-order valence-corrected chi connectivity index (χ1v) is 6.30. The molecule has 0 radical (unpaired) electrons. The Bertz CT molecular complexity index is 604. The van der Waals surface area contributed by atoms with Crippen LogP contribution in [-0.2, 0) is 0 Å². The van der Waals surface area contributed by atoms with E-state index in [0.717, 1.165) is 0 Å². The van der Waals surface area contributed by atoms with E-state index in [2.05, 4.69) is 0 Å². The summed E-state index contributed by atoms with van der Waals surface area (Å²) in [5.74, 6) is 0.964. The van der Waals surface area contributed by atoms with Crippen molar-refractivity contribution in [1.82, 2.24) is 0 Å². The molecule has 0 spiro atoms. The van der Waals surface area contributed by atoms with Crippen molar-refractivity contribution in [2.45, 2.75) is 6.10 Å². The zero-order valence-electron chi connectivity index (χ0n) is 10.2. The molecule has 2 unspecified atom stereocenters. The average Bonchev–Trinajstić information content (AvgIpc) is 2.41. The van der Waals surface area contributed by atoms with Crippen molar-refractivity contribution < 1.29 is 18.8 Å². The third kappa shape index (κ3) is 3.65. The average molecular weight is 295 g/mol. The van der Waals surface area contributed by atoms with Crippen LogP contribution in [0.4, 0.5) is 10.1 Å². The van der Waals surface area contributed by atoms with Gasteiger partial charge in [-0.05, 0) is 24.3 Å². The second kappa shape index (κ2) is 6.30. The topological polar surface area (TPSA) is 61.6 Å². The van der Waals surface area contributed by atoms with Gasteiger partial charge in [0.05, 0.1) is 4.92 Å². The molecule has 0 bridgehead atoms.